The van der Waals surface area contributed by atoms with Crippen molar-refractivity contribution < 1.29 is 4.79 Å². The molecule has 19 heavy (non-hydrogen) atoms. The number of nitrogens with one attached hydrogen (secondary N) is 1. The summed E-state index contributed by atoms with van der Waals surface area (Å²) in [4.78, 5) is 16.0. The van der Waals surface area contributed by atoms with Gasteiger partial charge in [-0.25, -0.2) is 4.98 Å². The largest absolute Gasteiger partial charge is 0.330 e. The summed E-state index contributed by atoms with van der Waals surface area (Å²) in [6.07, 6.45) is 4.21. The Balaban J connectivity index is 1.91. The number of nitrogens with two attached hydrogens (primary N) is 1. The Bertz CT molecular complexity index is 550. The normalized spacial score (nSPS) is 10.4. The number of benzene rings is 1. The van der Waals surface area contributed by atoms with Gasteiger partial charge in [0.2, 0.25) is 5.91 Å². The number of hydrogen-bond acceptors (Lipinski definition) is 3. The quantitative estimate of drug-likeness (QED) is 0.881. The minimum absolute atomic E-state index is 0.0842. The Labute approximate surface area is 120 Å². The summed E-state index contributed by atoms with van der Waals surface area (Å²) in [6.45, 7) is 0.801. The zero-order valence-corrected chi connectivity index (χ0v) is 11.9. The summed E-state index contributed by atoms with van der Waals surface area (Å²) in [5.74, 6) is -0.0842. The number of nitrogens with zero attached hydrogens (tertiary/aromatic N) is 2. The maximum Gasteiger partial charge on any atom is 0.244 e. The van der Waals surface area contributed by atoms with Crippen molar-refractivity contribution in [2.75, 3.05) is 11.9 Å². The summed E-state index contributed by atoms with van der Waals surface area (Å²) in [5.41, 5.74) is 7.13. The first kappa shape index (κ1) is 13.8. The standard InChI is InChI=1S/C13H15BrN4O/c14-10-1-3-11(4-2-10)17-13(19)8-18-7-12(5-6-15)16-9-18/h1-4,7,9H,5-6,8,15H2,(H,17,19). The lowest BCUT2D eigenvalue weighted by molar-refractivity contribution is -0.116. The number of rotatable bonds is 5. The Morgan fingerprint density at radius 2 is 2.11 bits per heavy atom. The van der Waals surface area contributed by atoms with Crippen LogP contribution in [0.2, 0.25) is 0 Å². The highest BCUT2D eigenvalue weighted by molar-refractivity contribution is 9.10. The van der Waals surface area contributed by atoms with Crippen LogP contribution in [-0.2, 0) is 17.8 Å². The fourth-order valence-corrected chi connectivity index (χ4v) is 1.93. The number of carbonyl (C=O) groups excluding carboxylic acids is 1. The first-order valence-electron chi connectivity index (χ1n) is 5.93. The van der Waals surface area contributed by atoms with E-state index in [2.05, 4.69) is 26.2 Å². The molecule has 2 aromatic rings. The zero-order chi connectivity index (χ0) is 13.7. The van der Waals surface area contributed by atoms with Gasteiger partial charge >= 0.3 is 0 Å². The van der Waals surface area contributed by atoms with Crippen LogP contribution in [0.25, 0.3) is 0 Å². The number of amides is 1. The van der Waals surface area contributed by atoms with E-state index >= 15 is 0 Å². The SMILES string of the molecule is NCCc1cn(CC(=O)Nc2ccc(Br)cc2)cn1. The lowest BCUT2D eigenvalue weighted by Crippen LogP contribution is -2.17. The van der Waals surface area contributed by atoms with Gasteiger partial charge in [-0.3, -0.25) is 4.79 Å². The van der Waals surface area contributed by atoms with E-state index in [0.29, 0.717) is 6.54 Å². The van der Waals surface area contributed by atoms with Crippen LogP contribution in [0.3, 0.4) is 0 Å². The maximum atomic E-state index is 11.8. The topological polar surface area (TPSA) is 72.9 Å². The second-order valence-corrected chi connectivity index (χ2v) is 5.05. The molecule has 1 aromatic carbocycles. The molecule has 100 valence electrons. The monoisotopic (exact) mass is 322 g/mol. The van der Waals surface area contributed by atoms with E-state index in [1.165, 1.54) is 0 Å². The first-order valence-corrected chi connectivity index (χ1v) is 6.73. The van der Waals surface area contributed by atoms with E-state index in [4.69, 9.17) is 5.73 Å². The van der Waals surface area contributed by atoms with Crippen LogP contribution < -0.4 is 11.1 Å². The molecule has 0 aliphatic carbocycles. The second-order valence-electron chi connectivity index (χ2n) is 4.13. The molecule has 0 unspecified atom stereocenters. The fourth-order valence-electron chi connectivity index (χ4n) is 1.67. The molecule has 0 bridgehead atoms. The first-order chi connectivity index (χ1) is 9.17. The van der Waals surface area contributed by atoms with E-state index in [9.17, 15) is 4.79 Å². The maximum absolute atomic E-state index is 11.8. The van der Waals surface area contributed by atoms with Gasteiger partial charge in [-0.15, -0.1) is 0 Å². The molecule has 2 rings (SSSR count). The van der Waals surface area contributed by atoms with Crippen LogP contribution in [0.1, 0.15) is 5.69 Å². The van der Waals surface area contributed by atoms with Gasteiger partial charge in [0.1, 0.15) is 6.54 Å². The number of anilines is 1. The molecular formula is C13H15BrN4O. The molecule has 5 nitrogen and oxygen atoms in total. The second kappa shape index (κ2) is 6.49. The number of halogens is 1. The highest BCUT2D eigenvalue weighted by Gasteiger charge is 2.05. The minimum atomic E-state index is -0.0842. The minimum Gasteiger partial charge on any atom is -0.330 e. The number of aromatic nitrogens is 2. The van der Waals surface area contributed by atoms with Crippen molar-refractivity contribution in [1.29, 1.82) is 0 Å². The number of imidazole rings is 1. The van der Waals surface area contributed by atoms with Crippen LogP contribution in [0.4, 0.5) is 5.69 Å². The van der Waals surface area contributed by atoms with Crippen molar-refractivity contribution in [1.82, 2.24) is 9.55 Å². The molecular weight excluding hydrogens is 308 g/mol. The molecule has 6 heteroatoms. The third-order valence-corrected chi connectivity index (χ3v) is 3.07. The molecule has 1 amide bonds. The lowest BCUT2D eigenvalue weighted by Gasteiger charge is -2.05. The number of hydrogen-bond donors (Lipinski definition) is 2. The Kier molecular flexibility index (Phi) is 4.70. The van der Waals surface area contributed by atoms with Gasteiger partial charge in [-0.05, 0) is 30.8 Å². The van der Waals surface area contributed by atoms with Crippen molar-refractivity contribution in [2.45, 2.75) is 13.0 Å². The molecule has 0 saturated heterocycles. The average molecular weight is 323 g/mol. The van der Waals surface area contributed by atoms with Crippen molar-refractivity contribution in [3.63, 3.8) is 0 Å². The van der Waals surface area contributed by atoms with Gasteiger partial charge in [0.05, 0.1) is 12.0 Å². The number of carbonyl (C=O) groups is 1. The van der Waals surface area contributed by atoms with Crippen molar-refractivity contribution >= 4 is 27.5 Å². The third kappa shape index (κ3) is 4.18. The van der Waals surface area contributed by atoms with E-state index in [0.717, 1.165) is 22.3 Å². The van der Waals surface area contributed by atoms with Gasteiger partial charge < -0.3 is 15.6 Å². The van der Waals surface area contributed by atoms with Crippen LogP contribution in [0.15, 0.2) is 41.3 Å². The molecule has 0 atom stereocenters. The fraction of sp³-hybridized carbons (Fsp3) is 0.231. The lowest BCUT2D eigenvalue weighted by atomic mass is 10.3. The van der Waals surface area contributed by atoms with Gasteiger partial charge in [-0.1, -0.05) is 15.9 Å². The zero-order valence-electron chi connectivity index (χ0n) is 10.3. The van der Waals surface area contributed by atoms with Crippen LogP contribution >= 0.6 is 15.9 Å². The van der Waals surface area contributed by atoms with Crippen LogP contribution in [-0.4, -0.2) is 22.0 Å². The van der Waals surface area contributed by atoms with Crippen molar-refractivity contribution in [3.8, 4) is 0 Å². The molecule has 1 aromatic heterocycles. The summed E-state index contributed by atoms with van der Waals surface area (Å²) in [5, 5.41) is 2.83. The summed E-state index contributed by atoms with van der Waals surface area (Å²) >= 11 is 3.35. The molecule has 0 saturated carbocycles. The molecule has 1 heterocycles. The van der Waals surface area contributed by atoms with Crippen molar-refractivity contribution in [2.24, 2.45) is 5.73 Å². The summed E-state index contributed by atoms with van der Waals surface area (Å²) in [6, 6.07) is 7.45. The molecule has 0 fully saturated rings. The molecule has 0 aliphatic rings. The molecule has 0 spiro atoms. The smallest absolute Gasteiger partial charge is 0.244 e. The predicted octanol–water partition coefficient (Wildman–Crippen LogP) is 1.79. The highest BCUT2D eigenvalue weighted by atomic mass is 79.9. The highest BCUT2D eigenvalue weighted by Crippen LogP contribution is 2.14. The van der Waals surface area contributed by atoms with Gasteiger partial charge in [0, 0.05) is 22.8 Å². The van der Waals surface area contributed by atoms with Gasteiger partial charge in [0.15, 0.2) is 0 Å². The van der Waals surface area contributed by atoms with Gasteiger partial charge in [0.25, 0.3) is 0 Å². The van der Waals surface area contributed by atoms with Crippen LogP contribution in [0.5, 0.6) is 0 Å². The van der Waals surface area contributed by atoms with Gasteiger partial charge in [-0.2, -0.15) is 0 Å². The summed E-state index contributed by atoms with van der Waals surface area (Å²) in [7, 11) is 0. The van der Waals surface area contributed by atoms with E-state index in [1.807, 2.05) is 30.5 Å². The summed E-state index contributed by atoms with van der Waals surface area (Å²) < 4.78 is 2.73. The molecule has 0 radical (unpaired) electrons. The van der Waals surface area contributed by atoms with E-state index < -0.39 is 0 Å². The van der Waals surface area contributed by atoms with E-state index in [-0.39, 0.29) is 12.5 Å². The Morgan fingerprint density at radius 3 is 2.79 bits per heavy atom. The predicted molar refractivity (Wildman–Crippen MR) is 77.8 cm³/mol. The Hall–Kier alpha value is -1.66. The van der Waals surface area contributed by atoms with Crippen molar-refractivity contribution in [3.05, 3.63) is 47.0 Å². The Morgan fingerprint density at radius 1 is 1.37 bits per heavy atom. The average Bonchev–Trinajstić information content (AvgIpc) is 2.80. The van der Waals surface area contributed by atoms with E-state index in [1.54, 1.807) is 10.9 Å². The third-order valence-electron chi connectivity index (χ3n) is 2.54. The molecule has 3 N–H and O–H groups in total. The molecule has 0 aliphatic heterocycles. The van der Waals surface area contributed by atoms with Crippen LogP contribution in [0, 0.1) is 0 Å².